The van der Waals surface area contributed by atoms with E-state index >= 15 is 0 Å². The van der Waals surface area contributed by atoms with Gasteiger partial charge in [-0.05, 0) is 78.6 Å². The van der Waals surface area contributed by atoms with E-state index in [9.17, 15) is 9.59 Å². The number of amides is 2. The average molecular weight is 615 g/mol. The van der Waals surface area contributed by atoms with Gasteiger partial charge in [0, 0.05) is 24.0 Å². The smallest absolute Gasteiger partial charge is 0.259 e. The first-order valence-electron chi connectivity index (χ1n) is 15.5. The Morgan fingerprint density at radius 3 is 1.93 bits per heavy atom. The molecule has 0 aliphatic carbocycles. The zero-order valence-electron chi connectivity index (χ0n) is 29.2. The molecule has 0 aromatic rings. The lowest BCUT2D eigenvalue weighted by Gasteiger charge is -2.41. The zero-order chi connectivity index (χ0) is 33.1. The molecule has 0 aromatic carbocycles. The maximum atomic E-state index is 13.7. The quantitative estimate of drug-likeness (QED) is 0.112. The third kappa shape index (κ3) is 13.6. The molecule has 42 heavy (non-hydrogen) atoms. The largest absolute Gasteiger partial charge is 0.377 e. The number of nitriles is 1. The van der Waals surface area contributed by atoms with Crippen LogP contribution in [-0.2, 0) is 23.4 Å². The summed E-state index contributed by atoms with van der Waals surface area (Å²) in [6, 6.07) is 2.50. The van der Waals surface area contributed by atoms with Crippen LogP contribution in [0.1, 0.15) is 123 Å². The van der Waals surface area contributed by atoms with Crippen molar-refractivity contribution in [1.29, 1.82) is 5.26 Å². The van der Waals surface area contributed by atoms with Crippen molar-refractivity contribution < 1.29 is 23.4 Å². The van der Waals surface area contributed by atoms with E-state index in [1.165, 1.54) is 0 Å². The Morgan fingerprint density at radius 1 is 0.952 bits per heavy atom. The minimum absolute atomic E-state index is 0.0901. The number of hydrogen-bond donors (Lipinski definition) is 2. The van der Waals surface area contributed by atoms with Crippen LogP contribution in [0.2, 0.25) is 0 Å². The van der Waals surface area contributed by atoms with Crippen molar-refractivity contribution in [2.24, 2.45) is 27.4 Å². The van der Waals surface area contributed by atoms with Crippen molar-refractivity contribution in [1.82, 2.24) is 9.99 Å². The molecule has 0 aromatic heterocycles. The molecule has 2 amide bonds. The van der Waals surface area contributed by atoms with Gasteiger partial charge in [-0.1, -0.05) is 48.5 Å². The van der Waals surface area contributed by atoms with E-state index in [1.807, 2.05) is 34.6 Å². The van der Waals surface area contributed by atoms with Gasteiger partial charge < -0.3 is 24.8 Å². The third-order valence-corrected chi connectivity index (χ3v) is 10.2. The SMILES string of the molecule is CCC(C)(CC(C)(C)C(C)OCC(C)(CC(C)(C)C)C(=O)NCC(C)OP(OCCC#N)N(C(C)C)C(C)C)C(N)=O. The molecular weight excluding hydrogens is 551 g/mol. The van der Waals surface area contributed by atoms with Gasteiger partial charge in [0.05, 0.1) is 43.3 Å². The summed E-state index contributed by atoms with van der Waals surface area (Å²) in [6.07, 6.45) is 1.65. The number of nitrogens with two attached hydrogens (primary N) is 1. The van der Waals surface area contributed by atoms with Gasteiger partial charge in [0.1, 0.15) is 0 Å². The van der Waals surface area contributed by atoms with E-state index in [2.05, 4.69) is 78.4 Å². The Labute approximate surface area is 258 Å². The molecule has 5 unspecified atom stereocenters. The Bertz CT molecular complexity index is 877. The first-order valence-corrected chi connectivity index (χ1v) is 16.6. The highest BCUT2D eigenvalue weighted by atomic mass is 31.2. The number of hydrogen-bond acceptors (Lipinski definition) is 7. The van der Waals surface area contributed by atoms with Crippen molar-refractivity contribution in [2.75, 3.05) is 19.8 Å². The van der Waals surface area contributed by atoms with E-state index in [1.54, 1.807) is 0 Å². The highest BCUT2D eigenvalue weighted by Gasteiger charge is 2.42. The van der Waals surface area contributed by atoms with Crippen molar-refractivity contribution >= 4 is 20.3 Å². The first kappa shape index (κ1) is 40.7. The number of nitrogens with zero attached hydrogens (tertiary/aromatic N) is 2. The number of carbonyl (C=O) groups excluding carboxylic acids is 2. The van der Waals surface area contributed by atoms with E-state index in [0.717, 1.165) is 0 Å². The van der Waals surface area contributed by atoms with Crippen LogP contribution in [-0.4, -0.2) is 60.5 Å². The zero-order valence-corrected chi connectivity index (χ0v) is 30.1. The van der Waals surface area contributed by atoms with Crippen molar-refractivity contribution in [2.45, 2.75) is 147 Å². The van der Waals surface area contributed by atoms with E-state index in [0.29, 0.717) is 32.4 Å². The van der Waals surface area contributed by atoms with Crippen LogP contribution in [0.25, 0.3) is 0 Å². The van der Waals surface area contributed by atoms with Crippen LogP contribution in [0, 0.1) is 33.0 Å². The fourth-order valence-corrected chi connectivity index (χ4v) is 7.06. The lowest BCUT2D eigenvalue weighted by molar-refractivity contribution is -0.142. The van der Waals surface area contributed by atoms with Crippen molar-refractivity contribution in [3.05, 3.63) is 0 Å². The summed E-state index contributed by atoms with van der Waals surface area (Å²) in [4.78, 5) is 25.9. The highest BCUT2D eigenvalue weighted by molar-refractivity contribution is 7.44. The maximum absolute atomic E-state index is 13.7. The van der Waals surface area contributed by atoms with Gasteiger partial charge in [0.25, 0.3) is 8.53 Å². The monoisotopic (exact) mass is 614 g/mol. The molecule has 9 nitrogen and oxygen atoms in total. The maximum Gasteiger partial charge on any atom is 0.259 e. The number of primary amides is 1. The molecule has 0 heterocycles. The van der Waals surface area contributed by atoms with Crippen molar-refractivity contribution in [3.8, 4) is 6.07 Å². The lowest BCUT2D eigenvalue weighted by atomic mass is 9.69. The summed E-state index contributed by atoms with van der Waals surface area (Å²) in [7, 11) is -1.41. The second-order valence-corrected chi connectivity index (χ2v) is 16.3. The molecule has 0 bridgehead atoms. The van der Waals surface area contributed by atoms with Crippen LogP contribution in [0.5, 0.6) is 0 Å². The molecule has 3 N–H and O–H groups in total. The molecule has 0 saturated carbocycles. The molecule has 0 aliphatic heterocycles. The molecule has 0 spiro atoms. The Morgan fingerprint density at radius 2 is 1.50 bits per heavy atom. The highest BCUT2D eigenvalue weighted by Crippen LogP contribution is 2.47. The van der Waals surface area contributed by atoms with Crippen molar-refractivity contribution in [3.63, 3.8) is 0 Å². The predicted octanol–water partition coefficient (Wildman–Crippen LogP) is 6.95. The second-order valence-electron chi connectivity index (χ2n) is 14.9. The van der Waals surface area contributed by atoms with Crippen LogP contribution in [0.3, 0.4) is 0 Å². The van der Waals surface area contributed by atoms with Gasteiger partial charge in [0.15, 0.2) is 0 Å². The minimum Gasteiger partial charge on any atom is -0.377 e. The molecular formula is C32H63N4O5P. The number of carbonyl (C=O) groups is 2. The van der Waals surface area contributed by atoms with Gasteiger partial charge in [-0.25, -0.2) is 4.67 Å². The Kier molecular flexibility index (Phi) is 16.7. The fraction of sp³-hybridized carbons (Fsp3) is 0.906. The predicted molar refractivity (Wildman–Crippen MR) is 172 cm³/mol. The van der Waals surface area contributed by atoms with Gasteiger partial charge in [-0.3, -0.25) is 9.59 Å². The molecule has 0 saturated heterocycles. The summed E-state index contributed by atoms with van der Waals surface area (Å²) in [5.41, 5.74) is 3.89. The van der Waals surface area contributed by atoms with Crippen LogP contribution in [0.15, 0.2) is 0 Å². The van der Waals surface area contributed by atoms with Gasteiger partial charge >= 0.3 is 0 Å². The Balaban J connectivity index is 5.64. The van der Waals surface area contributed by atoms with E-state index in [4.69, 9.17) is 24.8 Å². The summed E-state index contributed by atoms with van der Waals surface area (Å²) >= 11 is 0. The molecule has 0 aliphatic rings. The summed E-state index contributed by atoms with van der Waals surface area (Å²) in [5, 5.41) is 12.1. The van der Waals surface area contributed by atoms with E-state index < -0.39 is 19.4 Å². The number of rotatable bonds is 20. The normalized spacial score (nSPS) is 17.8. The van der Waals surface area contributed by atoms with Crippen LogP contribution >= 0.6 is 8.53 Å². The second kappa shape index (κ2) is 17.3. The fourth-order valence-electron chi connectivity index (χ4n) is 5.37. The standard InChI is InChI=1S/C32H63N4O5P/c1-15-31(13,27(34)37)21-30(11,12)26(7)39-22-32(14,20-29(8,9)10)28(38)35-19-25(6)41-42(40-18-16-17-33)36(23(2)3)24(4)5/h23-26H,15-16,18-22H2,1-14H3,(H2,34,37)(H,35,38). The average Bonchev–Trinajstić information content (AvgIpc) is 2.83. The van der Waals surface area contributed by atoms with Crippen LogP contribution < -0.4 is 11.1 Å². The molecule has 0 rings (SSSR count). The summed E-state index contributed by atoms with van der Waals surface area (Å²) in [6.45, 7) is 29.5. The minimum atomic E-state index is -1.41. The Hall–Kier alpha value is -1.30. The molecule has 5 atom stereocenters. The topological polar surface area (TPSA) is 127 Å². The molecule has 246 valence electrons. The molecule has 0 fully saturated rings. The van der Waals surface area contributed by atoms with Crippen LogP contribution in [0.4, 0.5) is 0 Å². The summed E-state index contributed by atoms with van der Waals surface area (Å²) in [5.74, 6) is -0.393. The summed E-state index contributed by atoms with van der Waals surface area (Å²) < 4.78 is 21.0. The van der Waals surface area contributed by atoms with E-state index in [-0.39, 0.29) is 60.0 Å². The number of ether oxygens (including phenoxy) is 1. The molecule has 0 radical (unpaired) electrons. The lowest BCUT2D eigenvalue weighted by Crippen LogP contribution is -2.48. The first-order chi connectivity index (χ1) is 19.0. The van der Waals surface area contributed by atoms with Gasteiger partial charge in [-0.2, -0.15) is 5.26 Å². The molecule has 10 heteroatoms. The van der Waals surface area contributed by atoms with Gasteiger partial charge in [0.2, 0.25) is 11.8 Å². The van der Waals surface area contributed by atoms with Gasteiger partial charge in [-0.15, -0.1) is 0 Å². The number of nitrogens with one attached hydrogen (secondary N) is 1. The third-order valence-electron chi connectivity index (χ3n) is 7.92.